The zero-order valence-corrected chi connectivity index (χ0v) is 26.4. The highest BCUT2D eigenvalue weighted by Crippen LogP contribution is 2.46. The third-order valence-electron chi connectivity index (χ3n) is 9.46. The summed E-state index contributed by atoms with van der Waals surface area (Å²) in [4.78, 5) is 7.18. The Morgan fingerprint density at radius 1 is 0.449 bits per heavy atom. The first kappa shape index (κ1) is 27.5. The summed E-state index contributed by atoms with van der Waals surface area (Å²) in [7, 11) is 0. The van der Waals surface area contributed by atoms with Gasteiger partial charge in [0.15, 0.2) is 11.2 Å². The summed E-state index contributed by atoms with van der Waals surface area (Å²) in [5, 5.41) is 6.76. The standard InChI is InChI=1S/C45H28N2O2/c1-2-13-31-27-33(26-25-29(31)11-1)32-15-7-16-34(28-32)47(39-21-8-14-30-12-3-4-17-35(30)39)40-22-9-18-36-43-37(19-10-24-42(43)48-44(36)40)45-46-38-20-5-6-23-41(38)49-45/h1-28H. The van der Waals surface area contributed by atoms with Crippen molar-refractivity contribution < 1.29 is 8.83 Å². The molecule has 0 fully saturated rings. The predicted molar refractivity (Wildman–Crippen MR) is 202 cm³/mol. The number of hydrogen-bond acceptors (Lipinski definition) is 4. The molecule has 230 valence electrons. The van der Waals surface area contributed by atoms with Gasteiger partial charge in [0, 0.05) is 27.4 Å². The van der Waals surface area contributed by atoms with Gasteiger partial charge in [0.2, 0.25) is 5.89 Å². The van der Waals surface area contributed by atoms with E-state index in [0.29, 0.717) is 5.89 Å². The lowest BCUT2D eigenvalue weighted by Gasteiger charge is -2.27. The van der Waals surface area contributed by atoms with E-state index in [1.165, 1.54) is 21.7 Å². The van der Waals surface area contributed by atoms with Crippen LogP contribution in [0.15, 0.2) is 179 Å². The first-order valence-electron chi connectivity index (χ1n) is 16.5. The second-order valence-electron chi connectivity index (χ2n) is 12.4. The van der Waals surface area contributed by atoms with Crippen LogP contribution in [0.3, 0.4) is 0 Å². The van der Waals surface area contributed by atoms with Gasteiger partial charge in [-0.2, -0.15) is 0 Å². The molecule has 10 aromatic rings. The number of furan rings is 1. The van der Waals surface area contributed by atoms with Crippen molar-refractivity contribution in [1.29, 1.82) is 0 Å². The molecule has 4 nitrogen and oxygen atoms in total. The Labute approximate surface area is 282 Å². The molecule has 10 rings (SSSR count). The van der Waals surface area contributed by atoms with Gasteiger partial charge in [0.05, 0.1) is 11.4 Å². The molecule has 0 radical (unpaired) electrons. The maximum absolute atomic E-state index is 6.81. The van der Waals surface area contributed by atoms with Crippen molar-refractivity contribution in [2.75, 3.05) is 4.90 Å². The van der Waals surface area contributed by atoms with Crippen LogP contribution in [0.1, 0.15) is 0 Å². The number of anilines is 3. The predicted octanol–water partition coefficient (Wildman–Crippen LogP) is 12.8. The Kier molecular flexibility index (Phi) is 6.15. The summed E-state index contributed by atoms with van der Waals surface area (Å²) in [6.07, 6.45) is 0. The highest BCUT2D eigenvalue weighted by Gasteiger charge is 2.23. The lowest BCUT2D eigenvalue weighted by molar-refractivity contribution is 0.620. The number of oxazole rings is 1. The average Bonchev–Trinajstić information content (AvgIpc) is 3.78. The molecule has 2 aromatic heterocycles. The normalized spacial score (nSPS) is 11.7. The molecule has 0 saturated carbocycles. The van der Waals surface area contributed by atoms with Crippen molar-refractivity contribution in [3.63, 3.8) is 0 Å². The fourth-order valence-corrected chi connectivity index (χ4v) is 7.18. The second-order valence-corrected chi connectivity index (χ2v) is 12.4. The van der Waals surface area contributed by atoms with Crippen molar-refractivity contribution in [3.8, 4) is 22.6 Å². The first-order chi connectivity index (χ1) is 24.3. The average molecular weight is 629 g/mol. The summed E-state index contributed by atoms with van der Waals surface area (Å²) >= 11 is 0. The zero-order valence-electron chi connectivity index (χ0n) is 26.4. The number of hydrogen-bond donors (Lipinski definition) is 0. The summed E-state index contributed by atoms with van der Waals surface area (Å²) in [5.41, 5.74) is 9.44. The summed E-state index contributed by atoms with van der Waals surface area (Å²) in [6.45, 7) is 0. The molecule has 2 heterocycles. The third kappa shape index (κ3) is 4.49. The van der Waals surface area contributed by atoms with Crippen LogP contribution in [0, 0.1) is 0 Å². The van der Waals surface area contributed by atoms with Crippen LogP contribution < -0.4 is 4.90 Å². The number of para-hydroxylation sites is 3. The molecular formula is C45H28N2O2. The smallest absolute Gasteiger partial charge is 0.228 e. The fraction of sp³-hybridized carbons (Fsp3) is 0. The van der Waals surface area contributed by atoms with Crippen LogP contribution in [-0.2, 0) is 0 Å². The van der Waals surface area contributed by atoms with Crippen LogP contribution >= 0.6 is 0 Å². The molecule has 0 unspecified atom stereocenters. The van der Waals surface area contributed by atoms with E-state index < -0.39 is 0 Å². The summed E-state index contributed by atoms with van der Waals surface area (Å²) in [5.74, 6) is 0.578. The van der Waals surface area contributed by atoms with E-state index in [1.807, 2.05) is 36.4 Å². The summed E-state index contributed by atoms with van der Waals surface area (Å²) < 4.78 is 13.1. The number of aromatic nitrogens is 1. The number of rotatable bonds is 5. The Morgan fingerprint density at radius 3 is 2.08 bits per heavy atom. The third-order valence-corrected chi connectivity index (χ3v) is 9.46. The Morgan fingerprint density at radius 2 is 1.14 bits per heavy atom. The SMILES string of the molecule is c1cc(-c2ccc3ccccc3c2)cc(N(c2cccc3ccccc23)c2cccc3c2oc2cccc(-c4nc5ccccc5o4)c23)c1. The molecule has 0 aliphatic rings. The minimum Gasteiger partial charge on any atom is -0.454 e. The van der Waals surface area contributed by atoms with E-state index in [0.717, 1.165) is 66.6 Å². The van der Waals surface area contributed by atoms with E-state index in [9.17, 15) is 0 Å². The second kappa shape index (κ2) is 11.0. The Balaban J connectivity index is 1.21. The van der Waals surface area contributed by atoms with Gasteiger partial charge in [-0.25, -0.2) is 4.98 Å². The lowest BCUT2D eigenvalue weighted by atomic mass is 10.00. The molecule has 0 aliphatic heterocycles. The molecule has 0 amide bonds. The maximum atomic E-state index is 6.81. The van der Waals surface area contributed by atoms with Gasteiger partial charge in [0.25, 0.3) is 0 Å². The van der Waals surface area contributed by atoms with Gasteiger partial charge >= 0.3 is 0 Å². The van der Waals surface area contributed by atoms with Crippen molar-refractivity contribution in [2.24, 2.45) is 0 Å². The minimum absolute atomic E-state index is 0.578. The largest absolute Gasteiger partial charge is 0.454 e. The highest BCUT2D eigenvalue weighted by molar-refractivity contribution is 6.16. The van der Waals surface area contributed by atoms with E-state index in [1.54, 1.807) is 0 Å². The summed E-state index contributed by atoms with van der Waals surface area (Å²) in [6, 6.07) is 59.3. The van der Waals surface area contributed by atoms with Crippen molar-refractivity contribution in [1.82, 2.24) is 4.98 Å². The molecule has 0 saturated heterocycles. The fourth-order valence-electron chi connectivity index (χ4n) is 7.18. The molecule has 0 spiro atoms. The van der Waals surface area contributed by atoms with Gasteiger partial charge in [0.1, 0.15) is 11.1 Å². The van der Waals surface area contributed by atoms with Crippen LogP contribution in [-0.4, -0.2) is 4.98 Å². The van der Waals surface area contributed by atoms with Gasteiger partial charge in [-0.15, -0.1) is 0 Å². The number of fused-ring (bicyclic) bond motifs is 6. The van der Waals surface area contributed by atoms with E-state index in [4.69, 9.17) is 13.8 Å². The molecule has 0 aliphatic carbocycles. The molecule has 0 bridgehead atoms. The monoisotopic (exact) mass is 628 g/mol. The topological polar surface area (TPSA) is 42.4 Å². The molecular weight excluding hydrogens is 601 g/mol. The molecule has 0 atom stereocenters. The van der Waals surface area contributed by atoms with E-state index in [2.05, 4.69) is 138 Å². The Bertz CT molecular complexity index is 2820. The number of benzene rings is 8. The highest BCUT2D eigenvalue weighted by atomic mass is 16.3. The maximum Gasteiger partial charge on any atom is 0.228 e. The molecule has 0 N–H and O–H groups in total. The van der Waals surface area contributed by atoms with E-state index in [-0.39, 0.29) is 0 Å². The molecule has 8 aromatic carbocycles. The minimum atomic E-state index is 0.578. The van der Waals surface area contributed by atoms with Gasteiger partial charge < -0.3 is 13.7 Å². The molecule has 4 heteroatoms. The quantitative estimate of drug-likeness (QED) is 0.190. The van der Waals surface area contributed by atoms with Crippen LogP contribution in [0.25, 0.3) is 77.2 Å². The van der Waals surface area contributed by atoms with Crippen LogP contribution in [0.4, 0.5) is 17.1 Å². The Hall–Kier alpha value is -6.65. The number of nitrogens with zero attached hydrogens (tertiary/aromatic N) is 2. The van der Waals surface area contributed by atoms with Crippen molar-refractivity contribution in [2.45, 2.75) is 0 Å². The lowest BCUT2D eigenvalue weighted by Crippen LogP contribution is -2.11. The van der Waals surface area contributed by atoms with Crippen molar-refractivity contribution >= 4 is 71.6 Å². The van der Waals surface area contributed by atoms with Gasteiger partial charge in [-0.05, 0) is 81.9 Å². The van der Waals surface area contributed by atoms with Gasteiger partial charge in [-0.1, -0.05) is 115 Å². The molecule has 49 heavy (non-hydrogen) atoms. The van der Waals surface area contributed by atoms with Crippen molar-refractivity contribution in [3.05, 3.63) is 170 Å². The van der Waals surface area contributed by atoms with Gasteiger partial charge in [-0.3, -0.25) is 0 Å². The van der Waals surface area contributed by atoms with E-state index >= 15 is 0 Å². The first-order valence-corrected chi connectivity index (χ1v) is 16.5. The van der Waals surface area contributed by atoms with Crippen LogP contribution in [0.5, 0.6) is 0 Å². The van der Waals surface area contributed by atoms with Crippen LogP contribution in [0.2, 0.25) is 0 Å². The zero-order chi connectivity index (χ0) is 32.3.